The van der Waals surface area contributed by atoms with Crippen LogP contribution in [0.3, 0.4) is 0 Å². The molecule has 0 bridgehead atoms. The van der Waals surface area contributed by atoms with E-state index in [9.17, 15) is 57.1 Å². The average molecular weight is 426 g/mol. The summed E-state index contributed by atoms with van der Waals surface area (Å²) in [5, 5.41) is 0. The predicted molar refractivity (Wildman–Crippen MR) is 52.6 cm³/mol. The highest BCUT2D eigenvalue weighted by Gasteiger charge is 2.90. The van der Waals surface area contributed by atoms with Gasteiger partial charge in [0.15, 0.2) is 0 Å². The van der Waals surface area contributed by atoms with Crippen LogP contribution in [-0.2, 0) is 0 Å². The van der Waals surface area contributed by atoms with E-state index in [1.807, 2.05) is 0 Å². The zero-order valence-electron chi connectivity index (χ0n) is 11.2. The number of halogens is 13. The summed E-state index contributed by atoms with van der Waals surface area (Å²) in [5.41, 5.74) is 0. The minimum Gasteiger partial charge on any atom is -0.390 e. The fraction of sp³-hybridized carbons (Fsp3) is 1.00. The van der Waals surface area contributed by atoms with Gasteiger partial charge in [-0.25, -0.2) is 0 Å². The Labute approximate surface area is 130 Å². The maximum Gasteiger partial charge on any atom is 0.492 e. The van der Waals surface area contributed by atoms with Gasteiger partial charge in [0, 0.05) is 12.5 Å². The van der Waals surface area contributed by atoms with Crippen molar-refractivity contribution in [2.24, 2.45) is 0 Å². The zero-order valence-corrected chi connectivity index (χ0v) is 12.2. The minimum atomic E-state index is -8.00. The van der Waals surface area contributed by atoms with Crippen molar-refractivity contribution < 1.29 is 71.5 Å². The van der Waals surface area contributed by atoms with Crippen LogP contribution < -0.4 is 0 Å². The van der Waals surface area contributed by atoms with E-state index in [0.29, 0.717) is 0 Å². The first-order valence-corrected chi connectivity index (χ1v) is 7.63. The molecule has 17 heteroatoms. The van der Waals surface area contributed by atoms with E-state index >= 15 is 0 Å². The molecule has 0 radical (unpaired) electrons. The molecule has 0 heterocycles. The molecule has 0 aromatic heterocycles. The van der Waals surface area contributed by atoms with E-state index in [1.165, 1.54) is 0 Å². The van der Waals surface area contributed by atoms with E-state index in [-0.39, 0.29) is 0 Å². The normalized spacial score (nSPS) is 16.3. The van der Waals surface area contributed by atoms with Gasteiger partial charge in [0.2, 0.25) is 0 Å². The lowest BCUT2D eigenvalue weighted by Crippen LogP contribution is -2.70. The molecule has 0 fully saturated rings. The summed E-state index contributed by atoms with van der Waals surface area (Å²) >= 11 is 0. The summed E-state index contributed by atoms with van der Waals surface area (Å²) in [6.45, 7) is 0. The van der Waals surface area contributed by atoms with E-state index < -0.39 is 57.1 Å². The summed E-state index contributed by atoms with van der Waals surface area (Å²) in [6.07, 6.45) is -10.3. The molecule has 0 aliphatic heterocycles. The van der Waals surface area contributed by atoms with Gasteiger partial charge in [-0.15, -0.1) is 0 Å². The molecule has 0 unspecified atom stereocenters. The van der Waals surface area contributed by atoms with Crippen molar-refractivity contribution in [3.63, 3.8) is 0 Å². The second kappa shape index (κ2) is 6.12. The molecule has 0 rings (SSSR count). The molecule has 0 aromatic carbocycles. The molecule has 0 saturated carbocycles. The SMILES string of the molecule is O[Si](O)(O)CCC(F)(F)C(F)(F)C(F)(F)C(F)(F)C(F)(F)C(F)(F)F. The van der Waals surface area contributed by atoms with E-state index in [1.54, 1.807) is 0 Å². The number of alkyl halides is 13. The van der Waals surface area contributed by atoms with Gasteiger partial charge in [0.25, 0.3) is 0 Å². The second-order valence-electron chi connectivity index (χ2n) is 4.77. The van der Waals surface area contributed by atoms with Gasteiger partial charge in [-0.1, -0.05) is 0 Å². The number of hydrogen-bond donors (Lipinski definition) is 3. The fourth-order valence-electron chi connectivity index (χ4n) is 1.28. The molecule has 0 aromatic rings. The van der Waals surface area contributed by atoms with Crippen molar-refractivity contribution >= 4 is 8.80 Å². The molecule has 0 spiro atoms. The van der Waals surface area contributed by atoms with Crippen molar-refractivity contribution in [3.05, 3.63) is 0 Å². The van der Waals surface area contributed by atoms with Crippen molar-refractivity contribution in [3.8, 4) is 0 Å². The molecular weight excluding hydrogens is 419 g/mol. The number of rotatable bonds is 7. The third-order valence-electron chi connectivity index (χ3n) is 2.77. The Hall–Kier alpha value is -0.813. The lowest BCUT2D eigenvalue weighted by molar-refractivity contribution is -0.440. The minimum absolute atomic E-state index is 2.13. The molecule has 0 saturated heterocycles. The summed E-state index contributed by atoms with van der Waals surface area (Å²) in [4.78, 5) is 24.9. The third-order valence-corrected chi connectivity index (χ3v) is 3.69. The third kappa shape index (κ3) is 3.97. The fourth-order valence-corrected chi connectivity index (χ4v) is 1.93. The number of hydrogen-bond acceptors (Lipinski definition) is 3. The maximum absolute atomic E-state index is 13.1. The second-order valence-corrected chi connectivity index (χ2v) is 6.82. The molecule has 3 nitrogen and oxygen atoms in total. The molecular formula is C8H7F13O3Si. The van der Waals surface area contributed by atoms with Crippen molar-refractivity contribution in [2.45, 2.75) is 48.3 Å². The quantitative estimate of drug-likeness (QED) is 0.434. The van der Waals surface area contributed by atoms with Crippen LogP contribution in [0, 0.1) is 0 Å². The van der Waals surface area contributed by atoms with Crippen LogP contribution in [0.4, 0.5) is 57.1 Å². The smallest absolute Gasteiger partial charge is 0.390 e. The Morgan fingerprint density at radius 2 is 0.840 bits per heavy atom. The van der Waals surface area contributed by atoms with Crippen LogP contribution in [0.5, 0.6) is 0 Å². The Morgan fingerprint density at radius 1 is 0.520 bits per heavy atom. The highest BCUT2D eigenvalue weighted by atomic mass is 28.4. The van der Waals surface area contributed by atoms with E-state index in [4.69, 9.17) is 14.4 Å². The lowest BCUT2D eigenvalue weighted by Gasteiger charge is -2.39. The van der Waals surface area contributed by atoms with Gasteiger partial charge < -0.3 is 14.4 Å². The van der Waals surface area contributed by atoms with Crippen LogP contribution in [0.15, 0.2) is 0 Å². The summed E-state index contributed by atoms with van der Waals surface area (Å²) in [5.74, 6) is -37.7. The highest BCUT2D eigenvalue weighted by molar-refractivity contribution is 6.56. The monoisotopic (exact) mass is 426 g/mol. The van der Waals surface area contributed by atoms with Gasteiger partial charge in [-0.05, 0) is 0 Å². The van der Waals surface area contributed by atoms with Crippen LogP contribution >= 0.6 is 0 Å². The molecule has 0 aliphatic rings. The Morgan fingerprint density at radius 3 is 1.12 bits per heavy atom. The van der Waals surface area contributed by atoms with E-state index in [0.717, 1.165) is 0 Å². The summed E-state index contributed by atoms with van der Waals surface area (Å²) in [6, 6.07) is -2.13. The molecule has 25 heavy (non-hydrogen) atoms. The standard InChI is InChI=1S/C8H7F13O3Si/c9-3(10,1-2-25(22,23)24)4(11,12)5(13,14)6(15,16)7(17,18)8(19,20)21/h22-24H,1-2H2. The van der Waals surface area contributed by atoms with Crippen molar-refractivity contribution in [1.29, 1.82) is 0 Å². The first-order chi connectivity index (χ1) is 10.5. The molecule has 0 atom stereocenters. The average Bonchev–Trinajstić information content (AvgIpc) is 2.33. The maximum atomic E-state index is 13.1. The van der Waals surface area contributed by atoms with Crippen LogP contribution in [0.1, 0.15) is 6.42 Å². The van der Waals surface area contributed by atoms with Gasteiger partial charge in [0.05, 0.1) is 0 Å². The predicted octanol–water partition coefficient (Wildman–Crippen LogP) is 3.03. The van der Waals surface area contributed by atoms with Gasteiger partial charge >= 0.3 is 44.6 Å². The summed E-state index contributed by atoms with van der Waals surface area (Å²) < 4.78 is 164. The highest BCUT2D eigenvalue weighted by Crippen LogP contribution is 2.60. The first kappa shape index (κ1) is 24.2. The van der Waals surface area contributed by atoms with Crippen LogP contribution in [0.2, 0.25) is 6.04 Å². The topological polar surface area (TPSA) is 60.7 Å². The van der Waals surface area contributed by atoms with Gasteiger partial charge in [-0.2, -0.15) is 57.1 Å². The zero-order chi connectivity index (χ0) is 20.9. The van der Waals surface area contributed by atoms with Gasteiger partial charge in [-0.3, -0.25) is 0 Å². The largest absolute Gasteiger partial charge is 0.492 e. The van der Waals surface area contributed by atoms with Crippen LogP contribution in [-0.4, -0.2) is 59.0 Å². The first-order valence-electron chi connectivity index (χ1n) is 5.58. The summed E-state index contributed by atoms with van der Waals surface area (Å²) in [7, 11) is -5.59. The lowest BCUT2D eigenvalue weighted by atomic mass is 9.93. The van der Waals surface area contributed by atoms with Crippen LogP contribution in [0.25, 0.3) is 0 Å². The Bertz CT molecular complexity index is 481. The Balaban J connectivity index is 6.03. The van der Waals surface area contributed by atoms with Crippen molar-refractivity contribution in [2.75, 3.05) is 0 Å². The van der Waals surface area contributed by atoms with Gasteiger partial charge in [0.1, 0.15) is 0 Å². The van der Waals surface area contributed by atoms with Crippen molar-refractivity contribution in [1.82, 2.24) is 0 Å². The Kier molecular flexibility index (Phi) is 5.92. The molecule has 0 aliphatic carbocycles. The molecule has 3 N–H and O–H groups in total. The molecule has 0 amide bonds. The molecule has 152 valence electrons. The van der Waals surface area contributed by atoms with E-state index in [2.05, 4.69) is 0 Å².